The van der Waals surface area contributed by atoms with Crippen LogP contribution in [0.1, 0.15) is 0 Å². The summed E-state index contributed by atoms with van der Waals surface area (Å²) in [4.78, 5) is 15.4. The van der Waals surface area contributed by atoms with Gasteiger partial charge < -0.3 is 4.42 Å². The van der Waals surface area contributed by atoms with E-state index >= 15 is 0 Å². The second-order valence-electron chi connectivity index (χ2n) is 13.6. The third kappa shape index (κ3) is 4.80. The Bertz CT molecular complexity index is 3050. The molecule has 11 rings (SSSR count). The molecule has 0 saturated heterocycles. The average Bonchev–Trinajstić information content (AvgIpc) is 3.78. The highest BCUT2D eigenvalue weighted by Crippen LogP contribution is 2.48. The van der Waals surface area contributed by atoms with Gasteiger partial charge in [-0.2, -0.15) is 0 Å². The number of furan rings is 1. The summed E-state index contributed by atoms with van der Waals surface area (Å²) < 4.78 is 6.26. The molecule has 10 aromatic rings. The van der Waals surface area contributed by atoms with Crippen molar-refractivity contribution in [1.82, 2.24) is 15.0 Å². The first-order valence-corrected chi connectivity index (χ1v) is 17.9. The van der Waals surface area contributed by atoms with E-state index in [9.17, 15) is 0 Å². The first-order chi connectivity index (χ1) is 26.2. The van der Waals surface area contributed by atoms with Gasteiger partial charge in [-0.15, -0.1) is 0 Å². The number of aromatic nitrogens is 3. The normalized spacial score (nSPS) is 11.8. The van der Waals surface area contributed by atoms with Crippen molar-refractivity contribution in [2.24, 2.45) is 0 Å². The first-order valence-electron chi connectivity index (χ1n) is 17.9. The molecule has 2 heterocycles. The highest BCUT2D eigenvalue weighted by atomic mass is 16.3. The van der Waals surface area contributed by atoms with Gasteiger partial charge in [-0.1, -0.05) is 152 Å². The summed E-state index contributed by atoms with van der Waals surface area (Å²) in [5.74, 6) is 1.83. The number of benzene rings is 8. The molecule has 0 atom stereocenters. The quantitative estimate of drug-likeness (QED) is 0.182. The van der Waals surface area contributed by atoms with E-state index in [0.717, 1.165) is 55.3 Å². The van der Waals surface area contributed by atoms with E-state index in [0.29, 0.717) is 17.5 Å². The lowest BCUT2D eigenvalue weighted by Crippen LogP contribution is -2.00. The molecule has 1 aliphatic carbocycles. The zero-order valence-electron chi connectivity index (χ0n) is 28.5. The van der Waals surface area contributed by atoms with E-state index in [-0.39, 0.29) is 0 Å². The molecule has 1 aliphatic rings. The van der Waals surface area contributed by atoms with E-state index in [4.69, 9.17) is 19.4 Å². The maximum atomic E-state index is 6.26. The third-order valence-corrected chi connectivity index (χ3v) is 10.5. The van der Waals surface area contributed by atoms with Crippen LogP contribution in [-0.2, 0) is 0 Å². The number of fused-ring (bicyclic) bond motifs is 6. The molecule has 0 radical (unpaired) electrons. The summed E-state index contributed by atoms with van der Waals surface area (Å²) in [5.41, 5.74) is 14.1. The monoisotopic (exact) mass is 675 g/mol. The van der Waals surface area contributed by atoms with E-state index in [2.05, 4.69) is 140 Å². The highest BCUT2D eigenvalue weighted by molar-refractivity contribution is 6.16. The van der Waals surface area contributed by atoms with Crippen molar-refractivity contribution < 1.29 is 4.42 Å². The van der Waals surface area contributed by atoms with Gasteiger partial charge in [0.05, 0.1) is 0 Å². The smallest absolute Gasteiger partial charge is 0.164 e. The van der Waals surface area contributed by atoms with Gasteiger partial charge in [-0.05, 0) is 79.5 Å². The van der Waals surface area contributed by atoms with E-state index in [1.807, 2.05) is 36.4 Å². The number of hydrogen-bond acceptors (Lipinski definition) is 4. The Morgan fingerprint density at radius 3 is 1.72 bits per heavy atom. The molecule has 0 fully saturated rings. The fraction of sp³-hybridized carbons (Fsp3) is 0. The molecule has 4 nitrogen and oxygen atoms in total. The molecule has 4 heteroatoms. The molecule has 0 unspecified atom stereocenters. The minimum atomic E-state index is 0.600. The molecule has 8 aromatic carbocycles. The molecule has 0 spiro atoms. The Morgan fingerprint density at radius 1 is 0.302 bits per heavy atom. The van der Waals surface area contributed by atoms with Gasteiger partial charge in [-0.3, -0.25) is 0 Å². The summed E-state index contributed by atoms with van der Waals surface area (Å²) in [6, 6.07) is 61.6. The Labute approximate surface area is 305 Å². The van der Waals surface area contributed by atoms with Gasteiger partial charge in [0, 0.05) is 27.5 Å². The predicted molar refractivity (Wildman–Crippen MR) is 216 cm³/mol. The van der Waals surface area contributed by atoms with E-state index in [1.165, 1.54) is 38.6 Å². The zero-order chi connectivity index (χ0) is 34.9. The van der Waals surface area contributed by atoms with Gasteiger partial charge in [-0.25, -0.2) is 15.0 Å². The molecule has 0 aliphatic heterocycles. The van der Waals surface area contributed by atoms with Crippen molar-refractivity contribution >= 4 is 32.7 Å². The second kappa shape index (κ2) is 11.7. The van der Waals surface area contributed by atoms with Crippen molar-refractivity contribution in [2.75, 3.05) is 0 Å². The van der Waals surface area contributed by atoms with Crippen LogP contribution in [-0.4, -0.2) is 15.0 Å². The van der Waals surface area contributed by atoms with Crippen LogP contribution >= 0.6 is 0 Å². The molecule has 0 bridgehead atoms. The van der Waals surface area contributed by atoms with Crippen LogP contribution in [0.15, 0.2) is 180 Å². The van der Waals surface area contributed by atoms with Crippen molar-refractivity contribution in [3.63, 3.8) is 0 Å². The minimum Gasteiger partial charge on any atom is -0.456 e. The van der Waals surface area contributed by atoms with Crippen LogP contribution in [0.25, 0.3) is 111 Å². The van der Waals surface area contributed by atoms with Gasteiger partial charge >= 0.3 is 0 Å². The van der Waals surface area contributed by atoms with Gasteiger partial charge in [0.2, 0.25) is 0 Å². The third-order valence-electron chi connectivity index (χ3n) is 10.5. The lowest BCUT2D eigenvalue weighted by molar-refractivity contribution is 0.669. The number of hydrogen-bond donors (Lipinski definition) is 0. The highest BCUT2D eigenvalue weighted by Gasteiger charge is 2.22. The second-order valence-corrected chi connectivity index (χ2v) is 13.6. The fourth-order valence-electron chi connectivity index (χ4n) is 7.97. The molecule has 53 heavy (non-hydrogen) atoms. The summed E-state index contributed by atoms with van der Waals surface area (Å²) >= 11 is 0. The molecule has 0 saturated carbocycles. The average molecular weight is 676 g/mol. The Morgan fingerprint density at radius 2 is 0.868 bits per heavy atom. The van der Waals surface area contributed by atoms with Crippen molar-refractivity contribution in [2.45, 2.75) is 0 Å². The molecule has 2 aromatic heterocycles. The molecule has 0 N–H and O–H groups in total. The van der Waals surface area contributed by atoms with Crippen LogP contribution in [0, 0.1) is 0 Å². The van der Waals surface area contributed by atoms with E-state index < -0.39 is 0 Å². The molecular formula is C49H29N3O. The van der Waals surface area contributed by atoms with Gasteiger partial charge in [0.1, 0.15) is 11.2 Å². The largest absolute Gasteiger partial charge is 0.456 e. The van der Waals surface area contributed by atoms with Crippen LogP contribution in [0.2, 0.25) is 0 Å². The summed E-state index contributed by atoms with van der Waals surface area (Å²) in [6.07, 6.45) is 0. The topological polar surface area (TPSA) is 51.8 Å². The molecule has 246 valence electrons. The van der Waals surface area contributed by atoms with Crippen LogP contribution in [0.4, 0.5) is 0 Å². The number of para-hydroxylation sites is 1. The molecule has 0 amide bonds. The van der Waals surface area contributed by atoms with E-state index in [1.54, 1.807) is 0 Å². The molecular weight excluding hydrogens is 647 g/mol. The van der Waals surface area contributed by atoms with Crippen molar-refractivity contribution in [3.8, 4) is 78.7 Å². The maximum absolute atomic E-state index is 6.26. The fourth-order valence-corrected chi connectivity index (χ4v) is 7.97. The SMILES string of the molecule is c1ccc(-c2ccc(-c3nc(-c4cccc(-c5ccc6c(c5)-c5cccc7cccc-6c57)c4)nc(-c4cccc5oc6ccccc6c45)n3)cc2)cc1. The number of rotatable bonds is 5. The minimum absolute atomic E-state index is 0.600. The predicted octanol–water partition coefficient (Wildman–Crippen LogP) is 12.9. The standard InChI is InChI=1S/C49H29N3O/c1-2-10-30(11-3-1)31-22-24-33(25-23-31)47-50-48(52-49(51-47)41-19-9-21-44-46(41)40-16-4-5-20-43(40)53-44)36-15-6-14-34(28-36)35-26-27-37-38-17-7-12-32-13-8-18-39(45(32)38)42(37)29-35/h1-29H. The summed E-state index contributed by atoms with van der Waals surface area (Å²) in [6.45, 7) is 0. The van der Waals surface area contributed by atoms with Crippen molar-refractivity contribution in [3.05, 3.63) is 176 Å². The summed E-state index contributed by atoms with van der Waals surface area (Å²) in [5, 5.41) is 4.63. The first kappa shape index (κ1) is 29.5. The lowest BCUT2D eigenvalue weighted by atomic mass is 9.96. The van der Waals surface area contributed by atoms with Crippen LogP contribution < -0.4 is 0 Å². The van der Waals surface area contributed by atoms with Crippen LogP contribution in [0.5, 0.6) is 0 Å². The Kier molecular flexibility index (Phi) is 6.52. The number of nitrogens with zero attached hydrogens (tertiary/aromatic N) is 3. The lowest BCUT2D eigenvalue weighted by Gasteiger charge is -2.11. The maximum Gasteiger partial charge on any atom is 0.164 e. The van der Waals surface area contributed by atoms with Crippen molar-refractivity contribution in [1.29, 1.82) is 0 Å². The summed E-state index contributed by atoms with van der Waals surface area (Å²) in [7, 11) is 0. The Hall–Kier alpha value is -7.17. The van der Waals surface area contributed by atoms with Gasteiger partial charge in [0.25, 0.3) is 0 Å². The Balaban J connectivity index is 1.06. The van der Waals surface area contributed by atoms with Gasteiger partial charge in [0.15, 0.2) is 17.5 Å². The zero-order valence-corrected chi connectivity index (χ0v) is 28.5. The van der Waals surface area contributed by atoms with Crippen LogP contribution in [0.3, 0.4) is 0 Å².